The van der Waals surface area contributed by atoms with E-state index in [1.807, 2.05) is 11.9 Å². The van der Waals surface area contributed by atoms with Crippen LogP contribution in [0.5, 0.6) is 0 Å². The fourth-order valence-corrected chi connectivity index (χ4v) is 6.78. The van der Waals surface area contributed by atoms with E-state index in [1.165, 1.54) is 53.6 Å². The summed E-state index contributed by atoms with van der Waals surface area (Å²) in [7, 11) is 2.04. The van der Waals surface area contributed by atoms with Crippen molar-refractivity contribution in [1.29, 1.82) is 5.41 Å². The van der Waals surface area contributed by atoms with Crippen molar-refractivity contribution in [3.05, 3.63) is 54.6 Å². The molecule has 2 N–H and O–H groups in total. The Kier molecular flexibility index (Phi) is 3.87. The molecule has 0 atom stereocenters. The molecule has 4 fully saturated rings. The molecule has 0 unspecified atom stereocenters. The first-order chi connectivity index (χ1) is 14.2. The van der Waals surface area contributed by atoms with Crippen LogP contribution in [0.2, 0.25) is 0 Å². The number of hydrogen-bond donors (Lipinski definition) is 2. The highest BCUT2D eigenvalue weighted by Gasteiger charge is 2.48. The van der Waals surface area contributed by atoms with Crippen molar-refractivity contribution in [3.63, 3.8) is 0 Å². The molecule has 4 aliphatic carbocycles. The maximum absolute atomic E-state index is 8.86. The second-order valence-electron chi connectivity index (χ2n) is 9.71. The van der Waals surface area contributed by atoms with E-state index in [0.717, 1.165) is 29.4 Å². The van der Waals surface area contributed by atoms with Gasteiger partial charge in [-0.1, -0.05) is 36.4 Å². The number of anilines is 1. The highest BCUT2D eigenvalue weighted by atomic mass is 15.3. The first kappa shape index (κ1) is 17.3. The number of guanidine groups is 1. The molecule has 0 heterocycles. The van der Waals surface area contributed by atoms with E-state index in [-0.39, 0.29) is 0 Å². The van der Waals surface area contributed by atoms with Crippen LogP contribution in [0.1, 0.15) is 32.1 Å². The van der Waals surface area contributed by atoms with Crippen LogP contribution in [0, 0.1) is 29.1 Å². The standard InChI is InChI=1S/C26H29N3/c1-29(26(27)28-25-21-10-16-9-17(12-21)13-22(25)11-16)24-8-4-7-20-14-18-5-2-3-6-19(18)15-23(20)24/h2-8,14-17,21-22,25H,9-13H2,1H3,(H2,27,28). The number of nitrogens with one attached hydrogen (secondary N) is 2. The van der Waals surface area contributed by atoms with Gasteiger partial charge in [0, 0.05) is 18.5 Å². The third-order valence-electron chi connectivity index (χ3n) is 7.95. The van der Waals surface area contributed by atoms with Gasteiger partial charge in [0.15, 0.2) is 5.96 Å². The van der Waals surface area contributed by atoms with Crippen LogP contribution < -0.4 is 10.2 Å². The summed E-state index contributed by atoms with van der Waals surface area (Å²) in [5, 5.41) is 17.5. The number of rotatable bonds is 2. The summed E-state index contributed by atoms with van der Waals surface area (Å²) in [4.78, 5) is 2.04. The van der Waals surface area contributed by atoms with Gasteiger partial charge >= 0.3 is 0 Å². The Hall–Kier alpha value is -2.55. The van der Waals surface area contributed by atoms with Gasteiger partial charge in [0.25, 0.3) is 0 Å². The molecule has 3 aromatic carbocycles. The average molecular weight is 384 g/mol. The van der Waals surface area contributed by atoms with Gasteiger partial charge in [-0.2, -0.15) is 0 Å². The number of nitrogens with zero attached hydrogens (tertiary/aromatic N) is 1. The molecule has 29 heavy (non-hydrogen) atoms. The predicted octanol–water partition coefficient (Wildman–Crippen LogP) is 5.78. The molecule has 0 aromatic heterocycles. The zero-order valence-electron chi connectivity index (χ0n) is 17.1. The fourth-order valence-electron chi connectivity index (χ4n) is 6.78. The van der Waals surface area contributed by atoms with Crippen molar-refractivity contribution in [2.45, 2.75) is 38.1 Å². The normalized spacial score (nSPS) is 30.0. The van der Waals surface area contributed by atoms with Crippen molar-refractivity contribution in [1.82, 2.24) is 5.32 Å². The van der Waals surface area contributed by atoms with Crippen LogP contribution in [0.4, 0.5) is 5.69 Å². The summed E-state index contributed by atoms with van der Waals surface area (Å²) >= 11 is 0. The Morgan fingerprint density at radius 3 is 2.14 bits per heavy atom. The van der Waals surface area contributed by atoms with E-state index >= 15 is 0 Å². The van der Waals surface area contributed by atoms with Crippen molar-refractivity contribution >= 4 is 33.2 Å². The molecule has 0 radical (unpaired) electrons. The second-order valence-corrected chi connectivity index (χ2v) is 9.71. The van der Waals surface area contributed by atoms with E-state index in [9.17, 15) is 0 Å². The summed E-state index contributed by atoms with van der Waals surface area (Å²) < 4.78 is 0. The molecule has 4 bridgehead atoms. The summed E-state index contributed by atoms with van der Waals surface area (Å²) in [6.45, 7) is 0. The van der Waals surface area contributed by atoms with E-state index in [2.05, 4.69) is 59.9 Å². The zero-order chi connectivity index (χ0) is 19.5. The molecule has 7 rings (SSSR count). The Balaban J connectivity index is 1.30. The molecule has 3 aromatic rings. The van der Waals surface area contributed by atoms with Gasteiger partial charge in [0.2, 0.25) is 0 Å². The third kappa shape index (κ3) is 2.82. The lowest BCUT2D eigenvalue weighted by atomic mass is 9.54. The Bertz CT molecular complexity index is 1070. The Morgan fingerprint density at radius 1 is 0.828 bits per heavy atom. The molecule has 0 aliphatic heterocycles. The molecule has 3 nitrogen and oxygen atoms in total. The minimum Gasteiger partial charge on any atom is -0.353 e. The molecular formula is C26H29N3. The maximum atomic E-state index is 8.86. The van der Waals surface area contributed by atoms with Crippen LogP contribution in [0.3, 0.4) is 0 Å². The maximum Gasteiger partial charge on any atom is 0.195 e. The van der Waals surface area contributed by atoms with Crippen molar-refractivity contribution < 1.29 is 0 Å². The van der Waals surface area contributed by atoms with Gasteiger partial charge in [-0.05, 0) is 90.1 Å². The molecule has 148 valence electrons. The SMILES string of the molecule is CN(C(=N)NC1C2CC3CC(C2)CC1C3)c1cccc2cc3ccccc3cc12. The predicted molar refractivity (Wildman–Crippen MR) is 122 cm³/mol. The van der Waals surface area contributed by atoms with Crippen LogP contribution in [0.25, 0.3) is 21.5 Å². The monoisotopic (exact) mass is 383 g/mol. The smallest absolute Gasteiger partial charge is 0.195 e. The molecule has 0 amide bonds. The molecule has 4 aliphatic rings. The van der Waals surface area contributed by atoms with Crippen molar-refractivity contribution in [2.75, 3.05) is 11.9 Å². The van der Waals surface area contributed by atoms with Gasteiger partial charge in [-0.25, -0.2) is 0 Å². The van der Waals surface area contributed by atoms with Gasteiger partial charge in [0.1, 0.15) is 0 Å². The highest BCUT2D eigenvalue weighted by molar-refractivity contribution is 6.08. The minimum atomic E-state index is 0.494. The van der Waals surface area contributed by atoms with Crippen molar-refractivity contribution in [3.8, 4) is 0 Å². The van der Waals surface area contributed by atoms with E-state index in [4.69, 9.17) is 5.41 Å². The van der Waals surface area contributed by atoms with Crippen LogP contribution >= 0.6 is 0 Å². The molecule has 4 saturated carbocycles. The lowest BCUT2D eigenvalue weighted by Gasteiger charge is -2.54. The topological polar surface area (TPSA) is 39.1 Å². The summed E-state index contributed by atoms with van der Waals surface area (Å²) in [5.41, 5.74) is 1.11. The van der Waals surface area contributed by atoms with Gasteiger partial charge in [0.05, 0.1) is 5.69 Å². The summed E-state index contributed by atoms with van der Waals surface area (Å²) in [5.74, 6) is 4.03. The molecule has 0 saturated heterocycles. The Labute approximate surface area is 172 Å². The highest BCUT2D eigenvalue weighted by Crippen LogP contribution is 2.53. The number of fused-ring (bicyclic) bond motifs is 2. The van der Waals surface area contributed by atoms with E-state index in [0.29, 0.717) is 12.0 Å². The van der Waals surface area contributed by atoms with Crippen LogP contribution in [-0.4, -0.2) is 19.0 Å². The van der Waals surface area contributed by atoms with Crippen LogP contribution in [0.15, 0.2) is 54.6 Å². The van der Waals surface area contributed by atoms with Gasteiger partial charge < -0.3 is 10.2 Å². The zero-order valence-corrected chi connectivity index (χ0v) is 17.1. The number of hydrogen-bond acceptors (Lipinski definition) is 1. The molecule has 0 spiro atoms. The first-order valence-corrected chi connectivity index (χ1v) is 11.2. The lowest BCUT2D eigenvalue weighted by molar-refractivity contribution is -0.00708. The average Bonchev–Trinajstić information content (AvgIpc) is 2.73. The number of benzene rings is 3. The largest absolute Gasteiger partial charge is 0.353 e. The molecule has 3 heteroatoms. The molecular weight excluding hydrogens is 354 g/mol. The fraction of sp³-hybridized carbons (Fsp3) is 0.423. The minimum absolute atomic E-state index is 0.494. The van der Waals surface area contributed by atoms with Gasteiger partial charge in [-0.3, -0.25) is 5.41 Å². The van der Waals surface area contributed by atoms with E-state index < -0.39 is 0 Å². The Morgan fingerprint density at radius 2 is 1.45 bits per heavy atom. The third-order valence-corrected chi connectivity index (χ3v) is 7.95. The van der Waals surface area contributed by atoms with Crippen LogP contribution in [-0.2, 0) is 0 Å². The lowest BCUT2D eigenvalue weighted by Crippen LogP contribution is -2.57. The second kappa shape index (κ2) is 6.48. The first-order valence-electron chi connectivity index (χ1n) is 11.2. The van der Waals surface area contributed by atoms with E-state index in [1.54, 1.807) is 0 Å². The summed E-state index contributed by atoms with van der Waals surface area (Å²) in [6, 6.07) is 20.0. The summed E-state index contributed by atoms with van der Waals surface area (Å²) in [6.07, 6.45) is 6.98. The van der Waals surface area contributed by atoms with Crippen molar-refractivity contribution in [2.24, 2.45) is 23.7 Å². The van der Waals surface area contributed by atoms with Gasteiger partial charge in [-0.15, -0.1) is 0 Å². The quantitative estimate of drug-likeness (QED) is 0.334.